The van der Waals surface area contributed by atoms with Gasteiger partial charge in [-0.05, 0) is 22.0 Å². The second kappa shape index (κ2) is 6.54. The van der Waals surface area contributed by atoms with Crippen molar-refractivity contribution in [2.45, 2.75) is 6.54 Å². The number of nitrogens with zero attached hydrogens (tertiary/aromatic N) is 1. The van der Waals surface area contributed by atoms with Crippen molar-refractivity contribution in [1.82, 2.24) is 10.2 Å². The van der Waals surface area contributed by atoms with E-state index in [-0.39, 0.29) is 5.82 Å². The Balaban J connectivity index is 2.32. The topological polar surface area (TPSA) is 33.7 Å². The van der Waals surface area contributed by atoms with Gasteiger partial charge in [-0.3, -0.25) is 4.90 Å². The lowest BCUT2D eigenvalue weighted by Crippen LogP contribution is -2.43. The minimum Gasteiger partial charge on any atom is -0.492 e. The molecule has 0 amide bonds. The molecular formula is C13H18BrFN2O2. The summed E-state index contributed by atoms with van der Waals surface area (Å²) in [4.78, 5) is 2.20. The number of methoxy groups -OCH3 is 2. The number of hydrogen-bond acceptors (Lipinski definition) is 4. The van der Waals surface area contributed by atoms with Gasteiger partial charge >= 0.3 is 0 Å². The highest BCUT2D eigenvalue weighted by Gasteiger charge is 2.21. The van der Waals surface area contributed by atoms with Gasteiger partial charge in [-0.25, -0.2) is 4.39 Å². The molecule has 2 rings (SSSR count). The van der Waals surface area contributed by atoms with Gasteiger partial charge in [-0.1, -0.05) is 0 Å². The first-order valence-corrected chi connectivity index (χ1v) is 6.98. The molecule has 0 bridgehead atoms. The lowest BCUT2D eigenvalue weighted by atomic mass is 10.1. The van der Waals surface area contributed by atoms with Gasteiger partial charge in [0.25, 0.3) is 0 Å². The summed E-state index contributed by atoms with van der Waals surface area (Å²) < 4.78 is 25.3. The smallest absolute Gasteiger partial charge is 0.175 e. The molecule has 1 aliphatic heterocycles. The normalized spacial score (nSPS) is 16.4. The van der Waals surface area contributed by atoms with E-state index in [2.05, 4.69) is 26.1 Å². The Bertz CT molecular complexity index is 451. The standard InChI is InChI=1S/C13H18BrFN2O2/c1-18-12-9(8-17-5-3-16-4-6-17)11(15)7-10(14)13(12)19-2/h7,16H,3-6,8H2,1-2H3. The Morgan fingerprint density at radius 1 is 1.26 bits per heavy atom. The fraction of sp³-hybridized carbons (Fsp3) is 0.538. The van der Waals surface area contributed by atoms with Crippen molar-refractivity contribution < 1.29 is 13.9 Å². The lowest BCUT2D eigenvalue weighted by molar-refractivity contribution is 0.225. The first-order chi connectivity index (χ1) is 9.17. The third kappa shape index (κ3) is 3.19. The van der Waals surface area contributed by atoms with Gasteiger partial charge in [-0.15, -0.1) is 0 Å². The van der Waals surface area contributed by atoms with Crippen molar-refractivity contribution in [3.8, 4) is 11.5 Å². The third-order valence-electron chi connectivity index (χ3n) is 3.24. The molecule has 0 spiro atoms. The summed E-state index contributed by atoms with van der Waals surface area (Å²) in [5, 5.41) is 3.28. The quantitative estimate of drug-likeness (QED) is 0.914. The Morgan fingerprint density at radius 3 is 2.47 bits per heavy atom. The number of piperazine rings is 1. The Morgan fingerprint density at radius 2 is 1.89 bits per heavy atom. The number of rotatable bonds is 4. The maximum Gasteiger partial charge on any atom is 0.175 e. The molecule has 1 aliphatic rings. The molecule has 4 nitrogen and oxygen atoms in total. The van der Waals surface area contributed by atoms with Crippen LogP contribution in [0.15, 0.2) is 10.5 Å². The predicted molar refractivity (Wildman–Crippen MR) is 75.4 cm³/mol. The van der Waals surface area contributed by atoms with E-state index >= 15 is 0 Å². The fourth-order valence-electron chi connectivity index (χ4n) is 2.26. The minimum atomic E-state index is -0.275. The van der Waals surface area contributed by atoms with E-state index in [9.17, 15) is 4.39 Å². The van der Waals surface area contributed by atoms with Gasteiger partial charge in [0.2, 0.25) is 0 Å². The number of halogens is 2. The molecule has 19 heavy (non-hydrogen) atoms. The van der Waals surface area contributed by atoms with Crippen molar-refractivity contribution in [2.75, 3.05) is 40.4 Å². The third-order valence-corrected chi connectivity index (χ3v) is 3.83. The highest BCUT2D eigenvalue weighted by atomic mass is 79.9. The van der Waals surface area contributed by atoms with Crippen LogP contribution in [0.4, 0.5) is 4.39 Å². The Kier molecular flexibility index (Phi) is 5.01. The predicted octanol–water partition coefficient (Wildman–Crippen LogP) is 2.01. The maximum absolute atomic E-state index is 14.2. The van der Waals surface area contributed by atoms with Crippen LogP contribution < -0.4 is 14.8 Å². The summed E-state index contributed by atoms with van der Waals surface area (Å²) in [5.41, 5.74) is 0.546. The summed E-state index contributed by atoms with van der Waals surface area (Å²) in [6, 6.07) is 1.43. The van der Waals surface area contributed by atoms with Crippen LogP contribution >= 0.6 is 15.9 Å². The fourth-order valence-corrected chi connectivity index (χ4v) is 2.81. The molecule has 1 fully saturated rings. The van der Waals surface area contributed by atoms with E-state index in [0.29, 0.717) is 28.1 Å². The molecule has 0 aromatic heterocycles. The molecule has 0 saturated carbocycles. The van der Waals surface area contributed by atoms with Gasteiger partial charge in [0.05, 0.1) is 18.7 Å². The van der Waals surface area contributed by atoms with Crippen LogP contribution in [0, 0.1) is 5.82 Å². The lowest BCUT2D eigenvalue weighted by Gasteiger charge is -2.28. The van der Waals surface area contributed by atoms with Crippen LogP contribution in [0.25, 0.3) is 0 Å². The number of hydrogen-bond donors (Lipinski definition) is 1. The second-order valence-electron chi connectivity index (χ2n) is 4.41. The molecule has 106 valence electrons. The molecule has 1 aromatic rings. The van der Waals surface area contributed by atoms with E-state index in [1.54, 1.807) is 7.11 Å². The van der Waals surface area contributed by atoms with Crippen LogP contribution in [-0.4, -0.2) is 45.3 Å². The zero-order chi connectivity index (χ0) is 13.8. The van der Waals surface area contributed by atoms with Crippen molar-refractivity contribution in [3.05, 3.63) is 21.9 Å². The summed E-state index contributed by atoms with van der Waals surface area (Å²) in [5.74, 6) is 0.727. The minimum absolute atomic E-state index is 0.275. The highest BCUT2D eigenvalue weighted by Crippen LogP contribution is 2.40. The van der Waals surface area contributed by atoms with E-state index in [1.807, 2.05) is 0 Å². The second-order valence-corrected chi connectivity index (χ2v) is 5.27. The first kappa shape index (κ1) is 14.6. The van der Waals surface area contributed by atoms with Gasteiger partial charge in [0, 0.05) is 38.3 Å². The van der Waals surface area contributed by atoms with Crippen LogP contribution in [0.5, 0.6) is 11.5 Å². The largest absolute Gasteiger partial charge is 0.492 e. The van der Waals surface area contributed by atoms with Gasteiger partial charge in [0.15, 0.2) is 11.5 Å². The van der Waals surface area contributed by atoms with Gasteiger partial charge in [0.1, 0.15) is 5.82 Å². The molecule has 0 atom stereocenters. The molecule has 0 radical (unpaired) electrons. The summed E-state index contributed by atoms with van der Waals surface area (Å²) in [6.45, 7) is 4.19. The molecule has 0 unspecified atom stereocenters. The van der Waals surface area contributed by atoms with Crippen molar-refractivity contribution in [1.29, 1.82) is 0 Å². The monoisotopic (exact) mass is 332 g/mol. The molecule has 0 aliphatic carbocycles. The average Bonchev–Trinajstić information content (AvgIpc) is 2.42. The van der Waals surface area contributed by atoms with E-state index in [0.717, 1.165) is 26.2 Å². The summed E-state index contributed by atoms with van der Waals surface area (Å²) in [7, 11) is 3.08. The average molecular weight is 333 g/mol. The van der Waals surface area contributed by atoms with E-state index in [4.69, 9.17) is 9.47 Å². The summed E-state index contributed by atoms with van der Waals surface area (Å²) in [6.07, 6.45) is 0. The molecule has 1 heterocycles. The van der Waals surface area contributed by atoms with E-state index in [1.165, 1.54) is 13.2 Å². The zero-order valence-electron chi connectivity index (χ0n) is 11.1. The highest BCUT2D eigenvalue weighted by molar-refractivity contribution is 9.10. The van der Waals surface area contributed by atoms with Crippen molar-refractivity contribution >= 4 is 15.9 Å². The maximum atomic E-state index is 14.2. The zero-order valence-corrected chi connectivity index (χ0v) is 12.7. The molecule has 1 aromatic carbocycles. The van der Waals surface area contributed by atoms with Gasteiger partial charge < -0.3 is 14.8 Å². The van der Waals surface area contributed by atoms with E-state index < -0.39 is 0 Å². The van der Waals surface area contributed by atoms with Crippen LogP contribution in [0.3, 0.4) is 0 Å². The molecule has 1 saturated heterocycles. The number of ether oxygens (including phenoxy) is 2. The molecule has 1 N–H and O–H groups in total. The van der Waals surface area contributed by atoms with Crippen molar-refractivity contribution in [2.24, 2.45) is 0 Å². The first-order valence-electron chi connectivity index (χ1n) is 6.19. The number of nitrogens with one attached hydrogen (secondary N) is 1. The van der Waals surface area contributed by atoms with Crippen molar-refractivity contribution in [3.63, 3.8) is 0 Å². The Hall–Kier alpha value is -0.850. The SMILES string of the molecule is COc1c(Br)cc(F)c(CN2CCNCC2)c1OC. The molecular weight excluding hydrogens is 315 g/mol. The van der Waals surface area contributed by atoms with Gasteiger partial charge in [-0.2, -0.15) is 0 Å². The van der Waals surface area contributed by atoms with Crippen LogP contribution in [-0.2, 0) is 6.54 Å². The molecule has 6 heteroatoms. The Labute approximate surface area is 121 Å². The number of benzene rings is 1. The van der Waals surface area contributed by atoms with Crippen LogP contribution in [0.1, 0.15) is 5.56 Å². The van der Waals surface area contributed by atoms with Crippen LogP contribution in [0.2, 0.25) is 0 Å². The summed E-state index contributed by atoms with van der Waals surface area (Å²) >= 11 is 3.29.